The number of carboxylic acid groups (broad SMARTS) is 1. The van der Waals surface area contributed by atoms with Gasteiger partial charge in [-0.2, -0.15) is 0 Å². The Morgan fingerprint density at radius 1 is 1.05 bits per heavy atom. The first-order valence-electron chi connectivity index (χ1n) is 6.34. The number of carbonyl (C=O) groups is 1. The maximum absolute atomic E-state index is 10.5. The molecule has 0 radical (unpaired) electrons. The maximum Gasteiger partial charge on any atom is 0.303 e. The van der Waals surface area contributed by atoms with Crippen molar-refractivity contribution >= 4 is 29.3 Å². The fourth-order valence-electron chi connectivity index (χ4n) is 1.79. The molecule has 2 aromatic carbocycles. The first-order chi connectivity index (χ1) is 9.65. The average Bonchev–Trinajstić information content (AvgIpc) is 2.46. The van der Waals surface area contributed by atoms with Gasteiger partial charge in [0.2, 0.25) is 0 Å². The van der Waals surface area contributed by atoms with Crippen molar-refractivity contribution in [3.8, 4) is 0 Å². The summed E-state index contributed by atoms with van der Waals surface area (Å²) in [6.45, 7) is 0. The molecule has 2 rings (SSSR count). The topological polar surface area (TPSA) is 37.3 Å². The van der Waals surface area contributed by atoms with Gasteiger partial charge in [0.05, 0.1) is 5.38 Å². The van der Waals surface area contributed by atoms with Crippen LogP contribution in [0.25, 0.3) is 0 Å². The van der Waals surface area contributed by atoms with E-state index in [-0.39, 0.29) is 11.8 Å². The predicted octanol–water partition coefficient (Wildman–Crippen LogP) is 4.98. The van der Waals surface area contributed by atoms with Crippen molar-refractivity contribution in [1.29, 1.82) is 0 Å². The molecule has 0 aliphatic carbocycles. The average molecular weight is 307 g/mol. The molecule has 0 bridgehead atoms. The van der Waals surface area contributed by atoms with E-state index in [4.69, 9.17) is 16.7 Å². The van der Waals surface area contributed by atoms with Gasteiger partial charge >= 0.3 is 5.97 Å². The van der Waals surface area contributed by atoms with Crippen molar-refractivity contribution in [3.63, 3.8) is 0 Å². The predicted molar refractivity (Wildman–Crippen MR) is 82.5 cm³/mol. The molecule has 0 aliphatic heterocycles. The van der Waals surface area contributed by atoms with Crippen molar-refractivity contribution in [2.45, 2.75) is 28.0 Å². The van der Waals surface area contributed by atoms with Crippen LogP contribution in [-0.2, 0) is 4.79 Å². The number of benzene rings is 2. The first-order valence-corrected chi connectivity index (χ1v) is 7.59. The third kappa shape index (κ3) is 4.58. The van der Waals surface area contributed by atoms with E-state index in [9.17, 15) is 4.79 Å². The largest absolute Gasteiger partial charge is 0.481 e. The van der Waals surface area contributed by atoms with Crippen LogP contribution in [0.5, 0.6) is 0 Å². The van der Waals surface area contributed by atoms with E-state index in [0.29, 0.717) is 6.42 Å². The van der Waals surface area contributed by atoms with Gasteiger partial charge in [-0.15, -0.1) is 11.6 Å². The molecule has 1 N–H and O–H groups in total. The summed E-state index contributed by atoms with van der Waals surface area (Å²) in [6.07, 6.45) is 0.538. The van der Waals surface area contributed by atoms with E-state index in [2.05, 4.69) is 12.1 Å². The Balaban J connectivity index is 1.97. The Labute approximate surface area is 127 Å². The second kappa shape index (κ2) is 7.36. The summed E-state index contributed by atoms with van der Waals surface area (Å²) in [5.41, 5.74) is 0.963. The minimum absolute atomic E-state index is 0.0919. The summed E-state index contributed by atoms with van der Waals surface area (Å²) < 4.78 is 0. The van der Waals surface area contributed by atoms with E-state index in [0.717, 1.165) is 10.5 Å². The van der Waals surface area contributed by atoms with Crippen LogP contribution < -0.4 is 0 Å². The van der Waals surface area contributed by atoms with Gasteiger partial charge in [0.25, 0.3) is 0 Å². The molecule has 0 spiro atoms. The van der Waals surface area contributed by atoms with Crippen LogP contribution in [0.1, 0.15) is 23.8 Å². The van der Waals surface area contributed by atoms with E-state index >= 15 is 0 Å². The molecule has 0 saturated carbocycles. The molecule has 2 aromatic rings. The minimum Gasteiger partial charge on any atom is -0.481 e. The van der Waals surface area contributed by atoms with Crippen molar-refractivity contribution in [2.24, 2.45) is 0 Å². The quantitative estimate of drug-likeness (QED) is 0.765. The standard InChI is InChI=1S/C16H15ClO2S/c17-15(10-11-16(18)19)12-6-8-14(9-7-12)20-13-4-2-1-3-5-13/h1-9,15H,10-11H2,(H,18,19). The van der Waals surface area contributed by atoms with Crippen LogP contribution >= 0.6 is 23.4 Å². The van der Waals surface area contributed by atoms with E-state index in [1.54, 1.807) is 11.8 Å². The molecule has 2 nitrogen and oxygen atoms in total. The van der Waals surface area contributed by atoms with Crippen LogP contribution in [-0.4, -0.2) is 11.1 Å². The molecule has 4 heteroatoms. The molecule has 104 valence electrons. The van der Waals surface area contributed by atoms with Gasteiger partial charge in [-0.1, -0.05) is 42.1 Å². The Morgan fingerprint density at radius 2 is 1.65 bits per heavy atom. The van der Waals surface area contributed by atoms with Gasteiger partial charge in [-0.05, 0) is 36.2 Å². The van der Waals surface area contributed by atoms with Crippen LogP contribution in [0.2, 0.25) is 0 Å². The lowest BCUT2D eigenvalue weighted by Gasteiger charge is -2.09. The van der Waals surface area contributed by atoms with Crippen LogP contribution in [0, 0.1) is 0 Å². The number of carboxylic acids is 1. The Bertz CT molecular complexity index is 554. The highest BCUT2D eigenvalue weighted by Gasteiger charge is 2.10. The number of halogens is 1. The number of rotatable bonds is 6. The number of hydrogen-bond acceptors (Lipinski definition) is 2. The zero-order valence-electron chi connectivity index (χ0n) is 10.8. The summed E-state index contributed by atoms with van der Waals surface area (Å²) in [4.78, 5) is 12.9. The van der Waals surface area contributed by atoms with Crippen molar-refractivity contribution in [3.05, 3.63) is 60.2 Å². The Kier molecular flexibility index (Phi) is 5.50. The summed E-state index contributed by atoms with van der Waals surface area (Å²) in [5.74, 6) is -0.813. The fourth-order valence-corrected chi connectivity index (χ4v) is 2.88. The lowest BCUT2D eigenvalue weighted by Crippen LogP contribution is -1.98. The molecule has 0 saturated heterocycles. The van der Waals surface area contributed by atoms with Crippen LogP contribution in [0.3, 0.4) is 0 Å². The Hall–Kier alpha value is -1.45. The lowest BCUT2D eigenvalue weighted by molar-refractivity contribution is -0.137. The second-order valence-electron chi connectivity index (χ2n) is 4.38. The zero-order chi connectivity index (χ0) is 14.4. The van der Waals surface area contributed by atoms with Crippen molar-refractivity contribution < 1.29 is 9.90 Å². The molecule has 0 fully saturated rings. The molecule has 1 unspecified atom stereocenters. The number of aliphatic carboxylic acids is 1. The van der Waals surface area contributed by atoms with Crippen molar-refractivity contribution in [2.75, 3.05) is 0 Å². The maximum atomic E-state index is 10.5. The van der Waals surface area contributed by atoms with Gasteiger partial charge in [0, 0.05) is 16.2 Å². The van der Waals surface area contributed by atoms with E-state index in [1.807, 2.05) is 42.5 Å². The minimum atomic E-state index is -0.813. The first kappa shape index (κ1) is 14.9. The molecular formula is C16H15ClO2S. The highest BCUT2D eigenvalue weighted by molar-refractivity contribution is 7.99. The molecular weight excluding hydrogens is 292 g/mol. The normalized spacial score (nSPS) is 12.1. The van der Waals surface area contributed by atoms with Crippen LogP contribution in [0.15, 0.2) is 64.4 Å². The SMILES string of the molecule is O=C(O)CCC(Cl)c1ccc(Sc2ccccc2)cc1. The summed E-state index contributed by atoms with van der Waals surface area (Å²) in [7, 11) is 0. The highest BCUT2D eigenvalue weighted by Crippen LogP contribution is 2.31. The summed E-state index contributed by atoms with van der Waals surface area (Å²) >= 11 is 7.88. The lowest BCUT2D eigenvalue weighted by atomic mass is 10.1. The van der Waals surface area contributed by atoms with Crippen LogP contribution in [0.4, 0.5) is 0 Å². The molecule has 20 heavy (non-hydrogen) atoms. The smallest absolute Gasteiger partial charge is 0.303 e. The highest BCUT2D eigenvalue weighted by atomic mass is 35.5. The third-order valence-electron chi connectivity index (χ3n) is 2.83. The molecule has 0 aliphatic rings. The summed E-state index contributed by atoms with van der Waals surface area (Å²) in [6, 6.07) is 18.1. The molecule has 1 atom stereocenters. The fraction of sp³-hybridized carbons (Fsp3) is 0.188. The van der Waals surface area contributed by atoms with E-state index in [1.165, 1.54) is 4.90 Å². The van der Waals surface area contributed by atoms with Gasteiger partial charge in [0.1, 0.15) is 0 Å². The van der Waals surface area contributed by atoms with Gasteiger partial charge in [-0.25, -0.2) is 0 Å². The van der Waals surface area contributed by atoms with Crippen molar-refractivity contribution in [1.82, 2.24) is 0 Å². The van der Waals surface area contributed by atoms with Gasteiger partial charge in [-0.3, -0.25) is 4.79 Å². The van der Waals surface area contributed by atoms with Gasteiger partial charge < -0.3 is 5.11 Å². The van der Waals surface area contributed by atoms with E-state index < -0.39 is 5.97 Å². The zero-order valence-corrected chi connectivity index (χ0v) is 12.4. The number of hydrogen-bond donors (Lipinski definition) is 1. The summed E-state index contributed by atoms with van der Waals surface area (Å²) in [5, 5.41) is 8.41. The van der Waals surface area contributed by atoms with Gasteiger partial charge in [0.15, 0.2) is 0 Å². The Morgan fingerprint density at radius 3 is 2.25 bits per heavy atom. The monoisotopic (exact) mass is 306 g/mol. The molecule has 0 aromatic heterocycles. The molecule has 0 amide bonds. The third-order valence-corrected chi connectivity index (χ3v) is 4.32. The second-order valence-corrected chi connectivity index (χ2v) is 6.06. The number of alkyl halides is 1. The molecule has 0 heterocycles.